The van der Waals surface area contributed by atoms with Crippen LogP contribution in [0.15, 0.2) is 51.5 Å². The number of carbonyl (C=O) groups excluding carboxylic acids is 1. The highest BCUT2D eigenvalue weighted by molar-refractivity contribution is 7.94. The van der Waals surface area contributed by atoms with Gasteiger partial charge in [-0.1, -0.05) is 17.7 Å². The van der Waals surface area contributed by atoms with E-state index in [1.807, 2.05) is 0 Å². The zero-order valence-corrected chi connectivity index (χ0v) is 16.1. The third kappa shape index (κ3) is 4.67. The fourth-order valence-electron chi connectivity index (χ4n) is 2.97. The molecule has 0 saturated carbocycles. The number of pyridine rings is 1. The molecule has 8 heteroatoms. The van der Waals surface area contributed by atoms with Gasteiger partial charge < -0.3 is 10.3 Å². The van der Waals surface area contributed by atoms with Crippen molar-refractivity contribution in [1.82, 2.24) is 10.3 Å². The molecule has 0 bridgehead atoms. The van der Waals surface area contributed by atoms with Crippen LogP contribution in [0.4, 0.5) is 0 Å². The molecule has 0 saturated heterocycles. The largest absolute Gasteiger partial charge is 0.348 e. The van der Waals surface area contributed by atoms with Gasteiger partial charge in [-0.15, -0.1) is 0 Å². The Morgan fingerprint density at radius 3 is 2.63 bits per heavy atom. The number of aromatic nitrogens is 1. The third-order valence-electron chi connectivity index (χ3n) is 4.38. The lowest BCUT2D eigenvalue weighted by atomic mass is 9.95. The van der Waals surface area contributed by atoms with Crippen LogP contribution >= 0.6 is 11.6 Å². The molecular weight excluding hydrogens is 388 g/mol. The van der Waals surface area contributed by atoms with Gasteiger partial charge in [0.05, 0.1) is 4.90 Å². The lowest BCUT2D eigenvalue weighted by molar-refractivity contribution is 0.0956. The summed E-state index contributed by atoms with van der Waals surface area (Å²) in [6.45, 7) is -0.0117. The van der Waals surface area contributed by atoms with Crippen molar-refractivity contribution in [3.63, 3.8) is 0 Å². The van der Waals surface area contributed by atoms with Crippen LogP contribution in [0, 0.1) is 0 Å². The number of aromatic amines is 1. The first-order valence-electron chi connectivity index (χ1n) is 8.57. The number of carbonyl (C=O) groups is 1. The smallest absolute Gasteiger partial charge is 0.261 e. The summed E-state index contributed by atoms with van der Waals surface area (Å²) in [5.41, 5.74) is 1.51. The molecule has 1 aromatic heterocycles. The van der Waals surface area contributed by atoms with E-state index < -0.39 is 21.3 Å². The predicted octanol–water partition coefficient (Wildman–Crippen LogP) is 2.62. The molecule has 0 aliphatic heterocycles. The molecule has 3 rings (SSSR count). The number of sulfone groups is 1. The van der Waals surface area contributed by atoms with Crippen LogP contribution in [0.2, 0.25) is 5.02 Å². The molecule has 1 amide bonds. The van der Waals surface area contributed by atoms with Crippen molar-refractivity contribution in [3.05, 3.63) is 74.0 Å². The van der Waals surface area contributed by atoms with Crippen LogP contribution < -0.4 is 10.9 Å². The Morgan fingerprint density at radius 1 is 1.19 bits per heavy atom. The summed E-state index contributed by atoms with van der Waals surface area (Å²) in [5, 5.41) is 4.01. The molecule has 2 aromatic rings. The second-order valence-electron chi connectivity index (χ2n) is 6.30. The van der Waals surface area contributed by atoms with Gasteiger partial charge >= 0.3 is 0 Å². The number of fused-ring (bicyclic) bond motifs is 1. The quantitative estimate of drug-likeness (QED) is 0.797. The first kappa shape index (κ1) is 19.4. The molecule has 0 atom stereocenters. The van der Waals surface area contributed by atoms with Crippen LogP contribution in [0.25, 0.3) is 0 Å². The number of hydrogen-bond donors (Lipinski definition) is 2. The summed E-state index contributed by atoms with van der Waals surface area (Å²) >= 11 is 5.75. The second kappa shape index (κ2) is 8.10. The first-order valence-corrected chi connectivity index (χ1v) is 10.5. The summed E-state index contributed by atoms with van der Waals surface area (Å²) < 4.78 is 24.4. The number of benzene rings is 1. The van der Waals surface area contributed by atoms with Gasteiger partial charge in [-0.3, -0.25) is 9.59 Å². The molecule has 1 aromatic carbocycles. The zero-order valence-electron chi connectivity index (χ0n) is 14.5. The summed E-state index contributed by atoms with van der Waals surface area (Å²) in [4.78, 5) is 27.2. The maximum atomic E-state index is 12.3. The number of H-pyrrole nitrogens is 1. The van der Waals surface area contributed by atoms with Crippen molar-refractivity contribution in [2.24, 2.45) is 0 Å². The van der Waals surface area contributed by atoms with Gasteiger partial charge in [-0.2, -0.15) is 0 Å². The molecule has 142 valence electrons. The van der Waals surface area contributed by atoms with Crippen molar-refractivity contribution in [1.29, 1.82) is 0 Å². The first-order chi connectivity index (χ1) is 12.9. The van der Waals surface area contributed by atoms with E-state index in [9.17, 15) is 18.0 Å². The van der Waals surface area contributed by atoms with Crippen molar-refractivity contribution in [2.75, 3.05) is 6.54 Å². The Labute approximate surface area is 162 Å². The maximum Gasteiger partial charge on any atom is 0.261 e. The maximum absolute atomic E-state index is 12.3. The number of hydrogen-bond acceptors (Lipinski definition) is 4. The van der Waals surface area contributed by atoms with Crippen molar-refractivity contribution < 1.29 is 13.2 Å². The summed E-state index contributed by atoms with van der Waals surface area (Å²) in [6, 6.07) is 7.44. The average molecular weight is 407 g/mol. The van der Waals surface area contributed by atoms with E-state index in [0.29, 0.717) is 5.02 Å². The van der Waals surface area contributed by atoms with E-state index >= 15 is 0 Å². The Balaban J connectivity index is 1.65. The number of rotatable bonds is 5. The van der Waals surface area contributed by atoms with Gasteiger partial charge in [-0.25, -0.2) is 8.42 Å². The number of amides is 1. The standard InChI is InChI=1S/C19H19ClN2O4S/c20-14-6-8-15(9-7-14)27(25,26)11-3-10-21-18(23)16-12-13-4-1-2-5-17(13)22-19(16)24/h3,6-9,11-12H,1-2,4-5,10H2,(H,21,23)(H,22,24)/b11-3+. The minimum atomic E-state index is -3.62. The fourth-order valence-corrected chi connectivity index (χ4v) is 4.12. The highest BCUT2D eigenvalue weighted by atomic mass is 35.5. The van der Waals surface area contributed by atoms with Gasteiger partial charge in [0.1, 0.15) is 5.56 Å². The second-order valence-corrected chi connectivity index (χ2v) is 8.57. The third-order valence-corrected chi connectivity index (χ3v) is 6.11. The molecule has 1 aliphatic carbocycles. The molecule has 0 unspecified atom stereocenters. The topological polar surface area (TPSA) is 96.1 Å². The summed E-state index contributed by atoms with van der Waals surface area (Å²) in [6.07, 6.45) is 5.05. The zero-order chi connectivity index (χ0) is 19.4. The number of halogens is 1. The van der Waals surface area contributed by atoms with Crippen LogP contribution in [0.1, 0.15) is 34.5 Å². The molecule has 1 aliphatic rings. The monoisotopic (exact) mass is 406 g/mol. The van der Waals surface area contributed by atoms with Gasteiger partial charge in [0.25, 0.3) is 11.5 Å². The normalized spacial score (nSPS) is 14.1. The van der Waals surface area contributed by atoms with E-state index in [2.05, 4.69) is 10.3 Å². The predicted molar refractivity (Wildman–Crippen MR) is 104 cm³/mol. The fraction of sp³-hybridized carbons (Fsp3) is 0.263. The molecule has 0 fully saturated rings. The SMILES string of the molecule is O=C(NC/C=C/S(=O)(=O)c1ccc(Cl)cc1)c1cc2c([nH]c1=O)CCCC2. The molecular formula is C19H19ClN2O4S. The van der Waals surface area contributed by atoms with E-state index in [0.717, 1.165) is 42.3 Å². The van der Waals surface area contributed by atoms with E-state index in [1.165, 1.54) is 30.3 Å². The molecule has 2 N–H and O–H groups in total. The van der Waals surface area contributed by atoms with Crippen LogP contribution in [-0.4, -0.2) is 25.9 Å². The molecule has 0 radical (unpaired) electrons. The van der Waals surface area contributed by atoms with Gasteiger partial charge in [0, 0.05) is 22.7 Å². The van der Waals surface area contributed by atoms with Crippen LogP contribution in [-0.2, 0) is 22.7 Å². The van der Waals surface area contributed by atoms with E-state index in [-0.39, 0.29) is 17.0 Å². The number of nitrogens with one attached hydrogen (secondary N) is 2. The van der Waals surface area contributed by atoms with E-state index in [4.69, 9.17) is 11.6 Å². The minimum absolute atomic E-state index is 0.0117. The van der Waals surface area contributed by atoms with Crippen molar-refractivity contribution in [3.8, 4) is 0 Å². The molecule has 0 spiro atoms. The lowest BCUT2D eigenvalue weighted by Crippen LogP contribution is -2.31. The Bertz CT molecular complexity index is 1040. The van der Waals surface area contributed by atoms with Gasteiger partial charge in [0.15, 0.2) is 9.84 Å². The summed E-state index contributed by atoms with van der Waals surface area (Å²) in [7, 11) is -3.62. The highest BCUT2D eigenvalue weighted by Gasteiger charge is 2.16. The number of aryl methyl sites for hydroxylation is 2. The lowest BCUT2D eigenvalue weighted by Gasteiger charge is -2.15. The van der Waals surface area contributed by atoms with Gasteiger partial charge in [-0.05, 0) is 61.6 Å². The summed E-state index contributed by atoms with van der Waals surface area (Å²) in [5.74, 6) is -0.529. The van der Waals surface area contributed by atoms with Gasteiger partial charge in [0.2, 0.25) is 0 Å². The highest BCUT2D eigenvalue weighted by Crippen LogP contribution is 2.18. The molecule has 1 heterocycles. The van der Waals surface area contributed by atoms with Crippen LogP contribution in [0.5, 0.6) is 0 Å². The van der Waals surface area contributed by atoms with Crippen molar-refractivity contribution in [2.45, 2.75) is 30.6 Å². The Hall–Kier alpha value is -2.38. The molecule has 6 nitrogen and oxygen atoms in total. The molecule has 27 heavy (non-hydrogen) atoms. The Kier molecular flexibility index (Phi) is 5.82. The minimum Gasteiger partial charge on any atom is -0.348 e. The average Bonchev–Trinajstić information content (AvgIpc) is 2.65. The van der Waals surface area contributed by atoms with Crippen LogP contribution in [0.3, 0.4) is 0 Å². The van der Waals surface area contributed by atoms with Crippen molar-refractivity contribution >= 4 is 27.3 Å². The van der Waals surface area contributed by atoms with E-state index in [1.54, 1.807) is 6.07 Å². The Morgan fingerprint density at radius 2 is 1.89 bits per heavy atom.